The average Bonchev–Trinajstić information content (AvgIpc) is 2.51. The molecule has 0 saturated heterocycles. The molecule has 7 heteroatoms. The molecule has 1 amide bonds. The number of amides is 1. The highest BCUT2D eigenvalue weighted by molar-refractivity contribution is 5.81. The van der Waals surface area contributed by atoms with E-state index >= 15 is 0 Å². The van der Waals surface area contributed by atoms with Crippen LogP contribution in [0.2, 0.25) is 0 Å². The largest absolute Gasteiger partial charge is 0.497 e. The van der Waals surface area contributed by atoms with Crippen molar-refractivity contribution in [3.8, 4) is 5.75 Å². The van der Waals surface area contributed by atoms with Gasteiger partial charge in [0.15, 0.2) is 6.04 Å². The van der Waals surface area contributed by atoms with Crippen molar-refractivity contribution in [2.45, 2.75) is 65.4 Å². The Bertz CT molecular complexity index is 613. The lowest BCUT2D eigenvalue weighted by Gasteiger charge is -2.26. The molecule has 0 heterocycles. The first-order chi connectivity index (χ1) is 12.4. The van der Waals surface area contributed by atoms with E-state index in [1.165, 1.54) is 0 Å². The lowest BCUT2D eigenvalue weighted by molar-refractivity contribution is -0.159. The van der Waals surface area contributed by atoms with Crippen LogP contribution in [0.25, 0.3) is 0 Å². The number of nitrogens with one attached hydrogen (secondary N) is 1. The summed E-state index contributed by atoms with van der Waals surface area (Å²) in [7, 11) is 1.60. The fourth-order valence-electron chi connectivity index (χ4n) is 2.01. The number of esters is 1. The van der Waals surface area contributed by atoms with E-state index in [9.17, 15) is 9.59 Å². The minimum atomic E-state index is -0.975. The van der Waals surface area contributed by atoms with Crippen LogP contribution >= 0.6 is 0 Å². The van der Waals surface area contributed by atoms with Gasteiger partial charge >= 0.3 is 12.1 Å². The molecule has 1 aromatic carbocycles. The van der Waals surface area contributed by atoms with Gasteiger partial charge in [0.2, 0.25) is 0 Å². The Balaban J connectivity index is 2.68. The van der Waals surface area contributed by atoms with Crippen LogP contribution < -0.4 is 10.1 Å². The van der Waals surface area contributed by atoms with Gasteiger partial charge in [-0.05, 0) is 59.2 Å². The number of carbonyl (C=O) groups excluding carboxylic acids is 2. The summed E-state index contributed by atoms with van der Waals surface area (Å²) in [4.78, 5) is 24.4. The van der Waals surface area contributed by atoms with Gasteiger partial charge in [0.1, 0.15) is 17.0 Å². The predicted molar refractivity (Wildman–Crippen MR) is 102 cm³/mol. The van der Waals surface area contributed by atoms with E-state index in [1.54, 1.807) is 48.7 Å². The minimum Gasteiger partial charge on any atom is -0.497 e. The number of rotatable bonds is 7. The third kappa shape index (κ3) is 9.84. The van der Waals surface area contributed by atoms with Gasteiger partial charge in [0.05, 0.1) is 20.3 Å². The second-order valence-corrected chi connectivity index (χ2v) is 8.10. The fourth-order valence-corrected chi connectivity index (χ4v) is 2.01. The van der Waals surface area contributed by atoms with E-state index in [0.717, 1.165) is 11.3 Å². The molecule has 27 heavy (non-hydrogen) atoms. The Morgan fingerprint density at radius 1 is 0.963 bits per heavy atom. The fraction of sp³-hybridized carbons (Fsp3) is 0.600. The van der Waals surface area contributed by atoms with Crippen LogP contribution in [0.1, 0.15) is 47.1 Å². The third-order valence-corrected chi connectivity index (χ3v) is 3.09. The number of hydrogen-bond acceptors (Lipinski definition) is 6. The SMILES string of the molecule is COc1ccc(COC[C@H](NC(=O)OC(C)(C)C)C(=O)OC(C)(C)C)cc1. The molecule has 0 bridgehead atoms. The normalized spacial score (nSPS) is 12.9. The van der Waals surface area contributed by atoms with Crippen molar-refractivity contribution in [1.82, 2.24) is 5.32 Å². The maximum Gasteiger partial charge on any atom is 0.408 e. The molecular weight excluding hydrogens is 350 g/mol. The van der Waals surface area contributed by atoms with E-state index < -0.39 is 29.3 Å². The molecule has 0 aliphatic rings. The van der Waals surface area contributed by atoms with Crippen molar-refractivity contribution in [3.05, 3.63) is 29.8 Å². The molecule has 0 aliphatic heterocycles. The second kappa shape index (κ2) is 9.60. The molecule has 0 saturated carbocycles. The number of alkyl carbamates (subject to hydrolysis) is 1. The number of carbonyl (C=O) groups is 2. The topological polar surface area (TPSA) is 83.1 Å². The third-order valence-electron chi connectivity index (χ3n) is 3.09. The first-order valence-corrected chi connectivity index (χ1v) is 8.82. The lowest BCUT2D eigenvalue weighted by Crippen LogP contribution is -2.48. The first kappa shape index (κ1) is 22.8. The molecule has 0 aliphatic carbocycles. The first-order valence-electron chi connectivity index (χ1n) is 8.82. The van der Waals surface area contributed by atoms with Crippen molar-refractivity contribution in [1.29, 1.82) is 0 Å². The van der Waals surface area contributed by atoms with Crippen LogP contribution in [-0.2, 0) is 25.6 Å². The van der Waals surface area contributed by atoms with Crippen molar-refractivity contribution in [2.24, 2.45) is 0 Å². The molecule has 152 valence electrons. The molecule has 1 rings (SSSR count). The summed E-state index contributed by atoms with van der Waals surface area (Å²) < 4.78 is 21.3. The highest BCUT2D eigenvalue weighted by atomic mass is 16.6. The van der Waals surface area contributed by atoms with Crippen molar-refractivity contribution >= 4 is 12.1 Å². The van der Waals surface area contributed by atoms with Crippen LogP contribution in [0, 0.1) is 0 Å². The zero-order valence-electron chi connectivity index (χ0n) is 17.3. The van der Waals surface area contributed by atoms with Crippen molar-refractivity contribution in [2.75, 3.05) is 13.7 Å². The summed E-state index contributed by atoms with van der Waals surface area (Å²) in [6, 6.07) is 6.40. The van der Waals surface area contributed by atoms with Crippen LogP contribution in [0.15, 0.2) is 24.3 Å². The zero-order chi connectivity index (χ0) is 20.7. The monoisotopic (exact) mass is 381 g/mol. The Morgan fingerprint density at radius 3 is 2.00 bits per heavy atom. The highest BCUT2D eigenvalue weighted by Crippen LogP contribution is 2.13. The summed E-state index contributed by atoms with van der Waals surface area (Å²) >= 11 is 0. The van der Waals surface area contributed by atoms with Crippen molar-refractivity contribution in [3.63, 3.8) is 0 Å². The van der Waals surface area contributed by atoms with Crippen LogP contribution in [0.3, 0.4) is 0 Å². The van der Waals surface area contributed by atoms with E-state index in [0.29, 0.717) is 0 Å². The average molecular weight is 381 g/mol. The van der Waals surface area contributed by atoms with Gasteiger partial charge in [-0.1, -0.05) is 12.1 Å². The van der Waals surface area contributed by atoms with E-state index in [2.05, 4.69) is 5.32 Å². The molecule has 1 atom stereocenters. The smallest absolute Gasteiger partial charge is 0.408 e. The predicted octanol–water partition coefficient (Wildman–Crippen LogP) is 3.45. The van der Waals surface area contributed by atoms with Gasteiger partial charge in [0, 0.05) is 0 Å². The summed E-state index contributed by atoms with van der Waals surface area (Å²) in [6.45, 7) is 10.7. The number of hydrogen-bond donors (Lipinski definition) is 1. The summed E-state index contributed by atoms with van der Waals surface area (Å²) in [5.74, 6) is 0.167. The Morgan fingerprint density at radius 2 is 1.52 bits per heavy atom. The molecule has 0 aromatic heterocycles. The summed E-state index contributed by atoms with van der Waals surface area (Å²) in [6.07, 6.45) is -0.702. The summed E-state index contributed by atoms with van der Waals surface area (Å²) in [5, 5.41) is 2.52. The Labute approximate surface area is 161 Å². The van der Waals surface area contributed by atoms with Crippen LogP contribution in [-0.4, -0.2) is 43.0 Å². The van der Waals surface area contributed by atoms with Gasteiger partial charge in [0.25, 0.3) is 0 Å². The highest BCUT2D eigenvalue weighted by Gasteiger charge is 2.28. The lowest BCUT2D eigenvalue weighted by atomic mass is 10.2. The standard InChI is InChI=1S/C20H31NO6/c1-19(2,3)26-17(22)16(21-18(23)27-20(4,5)6)13-25-12-14-8-10-15(24-7)11-9-14/h8-11,16H,12-13H2,1-7H3,(H,21,23)/t16-/m0/s1. The quantitative estimate of drug-likeness (QED) is 0.729. The zero-order valence-corrected chi connectivity index (χ0v) is 17.3. The van der Waals surface area contributed by atoms with Crippen LogP contribution in [0.4, 0.5) is 4.79 Å². The number of ether oxygens (including phenoxy) is 4. The van der Waals surface area contributed by atoms with E-state index in [1.807, 2.05) is 24.3 Å². The van der Waals surface area contributed by atoms with Crippen LogP contribution in [0.5, 0.6) is 5.75 Å². The molecular formula is C20H31NO6. The van der Waals surface area contributed by atoms with Gasteiger partial charge in [-0.25, -0.2) is 9.59 Å². The molecule has 0 unspecified atom stereocenters. The maximum atomic E-state index is 12.4. The molecule has 0 fully saturated rings. The van der Waals surface area contributed by atoms with Crippen molar-refractivity contribution < 1.29 is 28.5 Å². The number of methoxy groups -OCH3 is 1. The second-order valence-electron chi connectivity index (χ2n) is 8.10. The van der Waals surface area contributed by atoms with E-state index in [4.69, 9.17) is 18.9 Å². The maximum absolute atomic E-state index is 12.4. The van der Waals surface area contributed by atoms with Gasteiger partial charge in [-0.2, -0.15) is 0 Å². The Kier molecular flexibility index (Phi) is 8.09. The van der Waals surface area contributed by atoms with Gasteiger partial charge in [-0.3, -0.25) is 0 Å². The van der Waals surface area contributed by atoms with Gasteiger partial charge < -0.3 is 24.3 Å². The molecule has 1 N–H and O–H groups in total. The molecule has 0 radical (unpaired) electrons. The van der Waals surface area contributed by atoms with E-state index in [-0.39, 0.29) is 13.2 Å². The molecule has 0 spiro atoms. The summed E-state index contributed by atoms with van der Waals surface area (Å²) in [5.41, 5.74) is -0.441. The molecule has 1 aromatic rings. The van der Waals surface area contributed by atoms with Gasteiger partial charge in [-0.15, -0.1) is 0 Å². The number of benzene rings is 1. The molecule has 7 nitrogen and oxygen atoms in total. The minimum absolute atomic E-state index is 0.0415. The Hall–Kier alpha value is -2.28.